The van der Waals surface area contributed by atoms with E-state index in [1.165, 1.54) is 17.7 Å². The van der Waals surface area contributed by atoms with E-state index in [1.807, 2.05) is 6.92 Å². The van der Waals surface area contributed by atoms with Gasteiger partial charge in [-0.25, -0.2) is 0 Å². The topological polar surface area (TPSA) is 29.3 Å². The Bertz CT molecular complexity index is 303. The minimum Gasteiger partial charge on any atom is -0.369 e. The second-order valence-electron chi connectivity index (χ2n) is 4.42. The van der Waals surface area contributed by atoms with Crippen LogP contribution in [-0.2, 0) is 0 Å². The van der Waals surface area contributed by atoms with Crippen LogP contribution in [0.2, 0.25) is 0 Å². The molecule has 0 aliphatic heterocycles. The predicted octanol–water partition coefficient (Wildman–Crippen LogP) is 3.33. The molecule has 0 spiro atoms. The van der Waals surface area contributed by atoms with Gasteiger partial charge in [0.15, 0.2) is 0 Å². The molecule has 0 aliphatic rings. The van der Waals surface area contributed by atoms with Crippen molar-refractivity contribution in [1.82, 2.24) is 0 Å². The molecule has 0 amide bonds. The molecule has 90 valence electrons. The molecular weight excluding hydrogens is 196 g/mol. The summed E-state index contributed by atoms with van der Waals surface area (Å²) < 4.78 is 0. The van der Waals surface area contributed by atoms with E-state index in [4.69, 9.17) is 5.73 Å². The van der Waals surface area contributed by atoms with E-state index in [9.17, 15) is 0 Å². The molecule has 1 aromatic carbocycles. The van der Waals surface area contributed by atoms with Crippen LogP contribution in [0.5, 0.6) is 0 Å². The molecule has 1 unspecified atom stereocenters. The minimum absolute atomic E-state index is 0.118. The molecule has 2 N–H and O–H groups in total. The Labute approximate surface area is 99.5 Å². The summed E-state index contributed by atoms with van der Waals surface area (Å²) in [5, 5.41) is 0. The van der Waals surface area contributed by atoms with Gasteiger partial charge in [0.2, 0.25) is 0 Å². The van der Waals surface area contributed by atoms with Gasteiger partial charge in [-0.3, -0.25) is 0 Å². The average molecular weight is 220 g/mol. The van der Waals surface area contributed by atoms with Gasteiger partial charge >= 0.3 is 0 Å². The van der Waals surface area contributed by atoms with Crippen molar-refractivity contribution in [3.63, 3.8) is 0 Å². The molecule has 1 aromatic rings. The van der Waals surface area contributed by atoms with E-state index < -0.39 is 0 Å². The van der Waals surface area contributed by atoms with Crippen molar-refractivity contribution >= 4 is 5.69 Å². The lowest BCUT2D eigenvalue weighted by Crippen LogP contribution is -2.32. The Morgan fingerprint density at radius 2 is 1.69 bits per heavy atom. The Hall–Kier alpha value is -1.02. The summed E-state index contributed by atoms with van der Waals surface area (Å²) in [4.78, 5) is 2.42. The highest BCUT2D eigenvalue weighted by Gasteiger charge is 2.10. The number of hydrogen-bond acceptors (Lipinski definition) is 2. The molecule has 0 radical (unpaired) electrons. The summed E-state index contributed by atoms with van der Waals surface area (Å²) in [6.07, 6.45) is 1.17. The van der Waals surface area contributed by atoms with Gasteiger partial charge in [-0.2, -0.15) is 0 Å². The summed E-state index contributed by atoms with van der Waals surface area (Å²) in [7, 11) is 0. The molecule has 0 saturated carbocycles. The maximum atomic E-state index is 5.84. The zero-order chi connectivity index (χ0) is 12.1. The number of hydrogen-bond donors (Lipinski definition) is 1. The largest absolute Gasteiger partial charge is 0.369 e. The molecule has 0 aromatic heterocycles. The first-order chi connectivity index (χ1) is 7.60. The molecule has 0 aliphatic carbocycles. The molecule has 2 heteroatoms. The van der Waals surface area contributed by atoms with Crippen molar-refractivity contribution < 1.29 is 0 Å². The number of anilines is 1. The Morgan fingerprint density at radius 3 is 2.06 bits per heavy atom. The maximum absolute atomic E-state index is 5.84. The number of benzene rings is 1. The highest BCUT2D eigenvalue weighted by Crippen LogP contribution is 2.20. The number of nitrogens with two attached hydrogens (primary N) is 1. The normalized spacial score (nSPS) is 14.6. The van der Waals surface area contributed by atoms with Crippen LogP contribution in [0.1, 0.15) is 45.7 Å². The zero-order valence-corrected chi connectivity index (χ0v) is 10.9. The second kappa shape index (κ2) is 5.90. The van der Waals surface area contributed by atoms with Crippen molar-refractivity contribution in [3.05, 3.63) is 29.8 Å². The molecule has 1 rings (SSSR count). The second-order valence-corrected chi connectivity index (χ2v) is 4.42. The lowest BCUT2D eigenvalue weighted by atomic mass is 10.1. The molecule has 0 fully saturated rings. The van der Waals surface area contributed by atoms with Crippen LogP contribution in [0, 0.1) is 0 Å². The quantitative estimate of drug-likeness (QED) is 0.824. The van der Waals surface area contributed by atoms with Crippen LogP contribution in [-0.4, -0.2) is 12.6 Å². The third kappa shape index (κ3) is 2.99. The van der Waals surface area contributed by atoms with Gasteiger partial charge in [0, 0.05) is 24.3 Å². The fourth-order valence-corrected chi connectivity index (χ4v) is 1.94. The van der Waals surface area contributed by atoms with E-state index >= 15 is 0 Å². The van der Waals surface area contributed by atoms with Crippen molar-refractivity contribution in [2.24, 2.45) is 5.73 Å². The molecular formula is C14H24N2. The van der Waals surface area contributed by atoms with E-state index in [-0.39, 0.29) is 6.04 Å². The van der Waals surface area contributed by atoms with Gasteiger partial charge in [-0.15, -0.1) is 0 Å². The van der Waals surface area contributed by atoms with Crippen LogP contribution < -0.4 is 10.6 Å². The standard InChI is InChI=1S/C14H24N2/c1-5-11(3)16(6-2)14-9-7-13(8-10-14)12(4)15/h7-12H,5-6,15H2,1-4H3/t11?,12-/m0/s1. The fraction of sp³-hybridized carbons (Fsp3) is 0.571. The lowest BCUT2D eigenvalue weighted by Gasteiger charge is -2.29. The minimum atomic E-state index is 0.118. The van der Waals surface area contributed by atoms with Gasteiger partial charge in [0.25, 0.3) is 0 Å². The Balaban J connectivity index is 2.86. The molecule has 2 atom stereocenters. The molecule has 0 bridgehead atoms. The Morgan fingerprint density at radius 1 is 1.12 bits per heavy atom. The number of rotatable bonds is 5. The van der Waals surface area contributed by atoms with Crippen LogP contribution in [0.25, 0.3) is 0 Å². The van der Waals surface area contributed by atoms with Crippen molar-refractivity contribution in [2.45, 2.75) is 46.2 Å². The van der Waals surface area contributed by atoms with Crippen LogP contribution >= 0.6 is 0 Å². The van der Waals surface area contributed by atoms with E-state index in [1.54, 1.807) is 0 Å². The van der Waals surface area contributed by atoms with Crippen LogP contribution in [0.3, 0.4) is 0 Å². The monoisotopic (exact) mass is 220 g/mol. The predicted molar refractivity (Wildman–Crippen MR) is 71.8 cm³/mol. The van der Waals surface area contributed by atoms with E-state index in [0.29, 0.717) is 6.04 Å². The first-order valence-corrected chi connectivity index (χ1v) is 6.22. The lowest BCUT2D eigenvalue weighted by molar-refractivity contribution is 0.630. The van der Waals surface area contributed by atoms with Crippen LogP contribution in [0.4, 0.5) is 5.69 Å². The SMILES string of the molecule is CCC(C)N(CC)c1ccc([C@H](C)N)cc1. The first-order valence-electron chi connectivity index (χ1n) is 6.22. The summed E-state index contributed by atoms with van der Waals surface area (Å²) >= 11 is 0. The third-order valence-electron chi connectivity index (χ3n) is 3.21. The first kappa shape index (κ1) is 13.0. The maximum Gasteiger partial charge on any atom is 0.0368 e. The highest BCUT2D eigenvalue weighted by atomic mass is 15.1. The van der Waals surface area contributed by atoms with Gasteiger partial charge in [0.1, 0.15) is 0 Å². The molecule has 0 saturated heterocycles. The average Bonchev–Trinajstić information content (AvgIpc) is 2.30. The van der Waals surface area contributed by atoms with E-state index in [0.717, 1.165) is 6.54 Å². The smallest absolute Gasteiger partial charge is 0.0368 e. The van der Waals surface area contributed by atoms with Gasteiger partial charge in [-0.1, -0.05) is 19.1 Å². The third-order valence-corrected chi connectivity index (χ3v) is 3.21. The molecule has 0 heterocycles. The summed E-state index contributed by atoms with van der Waals surface area (Å²) in [5.74, 6) is 0. The molecule has 16 heavy (non-hydrogen) atoms. The number of nitrogens with zero attached hydrogens (tertiary/aromatic N) is 1. The van der Waals surface area contributed by atoms with Gasteiger partial charge in [-0.05, 0) is 44.9 Å². The van der Waals surface area contributed by atoms with Gasteiger partial charge < -0.3 is 10.6 Å². The molecule has 2 nitrogen and oxygen atoms in total. The summed E-state index contributed by atoms with van der Waals surface area (Å²) in [6, 6.07) is 9.32. The van der Waals surface area contributed by atoms with Crippen molar-refractivity contribution in [2.75, 3.05) is 11.4 Å². The fourth-order valence-electron chi connectivity index (χ4n) is 1.94. The summed E-state index contributed by atoms with van der Waals surface area (Å²) in [5.41, 5.74) is 8.34. The van der Waals surface area contributed by atoms with Crippen molar-refractivity contribution in [3.8, 4) is 0 Å². The zero-order valence-electron chi connectivity index (χ0n) is 10.9. The van der Waals surface area contributed by atoms with E-state index in [2.05, 4.69) is 49.9 Å². The summed E-state index contributed by atoms with van der Waals surface area (Å²) in [6.45, 7) is 9.76. The van der Waals surface area contributed by atoms with Gasteiger partial charge in [0.05, 0.1) is 0 Å². The van der Waals surface area contributed by atoms with Crippen LogP contribution in [0.15, 0.2) is 24.3 Å². The van der Waals surface area contributed by atoms with Crippen molar-refractivity contribution in [1.29, 1.82) is 0 Å². The highest BCUT2D eigenvalue weighted by molar-refractivity contribution is 5.48. The Kier molecular flexibility index (Phi) is 4.81.